The van der Waals surface area contributed by atoms with Crippen molar-refractivity contribution in [3.05, 3.63) is 35.5 Å². The maximum Gasteiger partial charge on any atom is 0.246 e. The minimum atomic E-state index is -0.590. The van der Waals surface area contributed by atoms with Crippen molar-refractivity contribution in [2.75, 3.05) is 6.54 Å². The van der Waals surface area contributed by atoms with Crippen molar-refractivity contribution in [2.45, 2.75) is 37.6 Å². The van der Waals surface area contributed by atoms with Crippen LogP contribution in [0, 0.1) is 0 Å². The maximum absolute atomic E-state index is 12.8. The van der Waals surface area contributed by atoms with Crippen LogP contribution in [0.3, 0.4) is 0 Å². The van der Waals surface area contributed by atoms with E-state index in [1.165, 1.54) is 0 Å². The van der Waals surface area contributed by atoms with E-state index in [0.717, 1.165) is 22.2 Å². The van der Waals surface area contributed by atoms with E-state index in [-0.39, 0.29) is 18.4 Å². The quantitative estimate of drug-likeness (QED) is 0.739. The monoisotopic (exact) mass is 311 g/mol. The molecule has 3 atom stereocenters. The number of nitrogens with zero attached hydrogens (tertiary/aromatic N) is 2. The number of para-hydroxylation sites is 1. The Morgan fingerprint density at radius 1 is 1.09 bits per heavy atom. The first-order valence-corrected chi connectivity index (χ1v) is 8.01. The molecule has 0 spiro atoms. The lowest BCUT2D eigenvalue weighted by molar-refractivity contribution is -0.160. The van der Waals surface area contributed by atoms with E-state index in [0.29, 0.717) is 19.4 Å². The van der Waals surface area contributed by atoms with Crippen LogP contribution in [0.2, 0.25) is 0 Å². The number of aromatic amines is 1. The van der Waals surface area contributed by atoms with Crippen LogP contribution in [0.25, 0.3) is 10.9 Å². The zero-order valence-electron chi connectivity index (χ0n) is 12.5. The molecule has 5 rings (SSSR count). The van der Waals surface area contributed by atoms with Gasteiger partial charge in [-0.25, -0.2) is 0 Å². The van der Waals surface area contributed by atoms with Crippen LogP contribution in [-0.2, 0) is 22.6 Å². The first-order valence-electron chi connectivity index (χ1n) is 8.01. The lowest BCUT2D eigenvalue weighted by Gasteiger charge is -2.44. The molecule has 2 fully saturated rings. The van der Waals surface area contributed by atoms with Crippen LogP contribution in [0.15, 0.2) is 24.3 Å². The molecule has 118 valence electrons. The van der Waals surface area contributed by atoms with Crippen LogP contribution in [0.1, 0.15) is 17.7 Å². The van der Waals surface area contributed by atoms with Gasteiger partial charge in [0.2, 0.25) is 11.8 Å². The predicted octanol–water partition coefficient (Wildman–Crippen LogP) is 0.397. The SMILES string of the molecule is O=C1[C@@H]2C[C@H](O)CN2C(=O)[C@@H]2Cc3c([nH]c4ccccc34)CN12. The Hall–Kier alpha value is -2.34. The van der Waals surface area contributed by atoms with Gasteiger partial charge >= 0.3 is 0 Å². The minimum Gasteiger partial charge on any atom is -0.391 e. The zero-order chi connectivity index (χ0) is 15.7. The first-order chi connectivity index (χ1) is 11.1. The van der Waals surface area contributed by atoms with Gasteiger partial charge in [0.25, 0.3) is 0 Å². The van der Waals surface area contributed by atoms with Crippen molar-refractivity contribution in [2.24, 2.45) is 0 Å². The van der Waals surface area contributed by atoms with Gasteiger partial charge in [0, 0.05) is 36.0 Å². The Bertz CT molecular complexity index is 843. The summed E-state index contributed by atoms with van der Waals surface area (Å²) in [5, 5.41) is 11.0. The smallest absolute Gasteiger partial charge is 0.246 e. The Morgan fingerprint density at radius 2 is 1.87 bits per heavy atom. The van der Waals surface area contributed by atoms with E-state index in [9.17, 15) is 14.7 Å². The van der Waals surface area contributed by atoms with Gasteiger partial charge in [-0.1, -0.05) is 18.2 Å². The molecule has 1 aromatic carbocycles. The molecule has 0 unspecified atom stereocenters. The molecule has 0 radical (unpaired) electrons. The Morgan fingerprint density at radius 3 is 2.74 bits per heavy atom. The summed E-state index contributed by atoms with van der Waals surface area (Å²) in [6.45, 7) is 0.722. The Labute approximate surface area is 132 Å². The zero-order valence-corrected chi connectivity index (χ0v) is 12.5. The van der Waals surface area contributed by atoms with E-state index < -0.39 is 18.2 Å². The van der Waals surface area contributed by atoms with Gasteiger partial charge in [0.1, 0.15) is 12.1 Å². The molecular formula is C17H17N3O3. The number of H-pyrrole nitrogens is 1. The van der Waals surface area contributed by atoms with E-state index in [4.69, 9.17) is 0 Å². The number of nitrogens with one attached hydrogen (secondary N) is 1. The molecule has 3 aliphatic rings. The molecule has 6 heteroatoms. The van der Waals surface area contributed by atoms with Crippen molar-refractivity contribution in [1.29, 1.82) is 0 Å². The number of piperazine rings is 1. The Kier molecular flexibility index (Phi) is 2.48. The summed E-state index contributed by atoms with van der Waals surface area (Å²) in [6.07, 6.45) is 0.309. The number of aromatic nitrogens is 1. The van der Waals surface area contributed by atoms with Crippen LogP contribution < -0.4 is 0 Å². The van der Waals surface area contributed by atoms with Crippen LogP contribution >= 0.6 is 0 Å². The highest BCUT2D eigenvalue weighted by atomic mass is 16.3. The molecule has 0 saturated carbocycles. The number of amides is 2. The van der Waals surface area contributed by atoms with Crippen molar-refractivity contribution in [3.8, 4) is 0 Å². The standard InChI is InChI=1S/C17H17N3O3/c21-9-5-14-16(22)20-8-13-11(6-15(20)17(23)19(14)7-9)10-3-1-2-4-12(10)18-13/h1-4,9,14-15,18,21H,5-8H2/t9-,14-,15-/m0/s1. The highest BCUT2D eigenvalue weighted by Gasteiger charge is 2.51. The average molecular weight is 311 g/mol. The second-order valence-electron chi connectivity index (χ2n) is 6.71. The van der Waals surface area contributed by atoms with Gasteiger partial charge in [-0.05, 0) is 11.6 Å². The molecule has 1 aromatic heterocycles. The molecule has 4 heterocycles. The number of hydrogen-bond donors (Lipinski definition) is 2. The van der Waals surface area contributed by atoms with E-state index in [2.05, 4.69) is 11.1 Å². The van der Waals surface area contributed by atoms with Crippen molar-refractivity contribution < 1.29 is 14.7 Å². The number of aliphatic hydroxyl groups excluding tert-OH is 1. The van der Waals surface area contributed by atoms with Crippen molar-refractivity contribution in [1.82, 2.24) is 14.8 Å². The molecule has 23 heavy (non-hydrogen) atoms. The second kappa shape index (κ2) is 4.35. The number of rotatable bonds is 0. The number of fused-ring (bicyclic) bond motifs is 5. The summed E-state index contributed by atoms with van der Waals surface area (Å²) in [5.74, 6) is -0.0578. The number of hydrogen-bond acceptors (Lipinski definition) is 3. The van der Waals surface area contributed by atoms with Gasteiger partial charge in [-0.2, -0.15) is 0 Å². The molecule has 6 nitrogen and oxygen atoms in total. The summed E-state index contributed by atoms with van der Waals surface area (Å²) < 4.78 is 0. The van der Waals surface area contributed by atoms with Crippen molar-refractivity contribution >= 4 is 22.7 Å². The minimum absolute atomic E-state index is 0.0259. The van der Waals surface area contributed by atoms with Crippen LogP contribution in [0.4, 0.5) is 0 Å². The predicted molar refractivity (Wildman–Crippen MR) is 82.5 cm³/mol. The summed E-state index contributed by atoms with van der Waals surface area (Å²) >= 11 is 0. The van der Waals surface area contributed by atoms with Gasteiger partial charge in [-0.3, -0.25) is 9.59 Å². The number of aliphatic hydroxyl groups is 1. The third-order valence-corrected chi connectivity index (χ3v) is 5.42. The molecule has 3 aliphatic heterocycles. The molecule has 0 aliphatic carbocycles. The largest absolute Gasteiger partial charge is 0.391 e. The topological polar surface area (TPSA) is 76.6 Å². The maximum atomic E-state index is 12.8. The van der Waals surface area contributed by atoms with Gasteiger partial charge < -0.3 is 19.9 Å². The average Bonchev–Trinajstić information content (AvgIpc) is 3.11. The summed E-state index contributed by atoms with van der Waals surface area (Å²) in [5.41, 5.74) is 3.21. The summed E-state index contributed by atoms with van der Waals surface area (Å²) in [7, 11) is 0. The molecule has 2 N–H and O–H groups in total. The molecule has 2 saturated heterocycles. The van der Waals surface area contributed by atoms with Gasteiger partial charge in [0.05, 0.1) is 12.6 Å². The fourth-order valence-corrected chi connectivity index (χ4v) is 4.33. The fourth-order valence-electron chi connectivity index (χ4n) is 4.33. The molecule has 2 amide bonds. The number of benzene rings is 1. The van der Waals surface area contributed by atoms with Gasteiger partial charge in [0.15, 0.2) is 0 Å². The van der Waals surface area contributed by atoms with Crippen LogP contribution in [-0.4, -0.2) is 56.4 Å². The second-order valence-corrected chi connectivity index (χ2v) is 6.71. The summed E-state index contributed by atoms with van der Waals surface area (Å²) in [4.78, 5) is 32.2. The fraction of sp³-hybridized carbons (Fsp3) is 0.412. The highest BCUT2D eigenvalue weighted by molar-refractivity contribution is 5.99. The lowest BCUT2D eigenvalue weighted by atomic mass is 9.92. The highest BCUT2D eigenvalue weighted by Crippen LogP contribution is 2.36. The molecular weight excluding hydrogens is 294 g/mol. The normalized spacial score (nSPS) is 29.7. The lowest BCUT2D eigenvalue weighted by Crippen LogP contribution is -2.64. The third-order valence-electron chi connectivity index (χ3n) is 5.42. The third kappa shape index (κ3) is 1.67. The number of carbonyl (C=O) groups excluding carboxylic acids is 2. The Balaban J connectivity index is 1.60. The van der Waals surface area contributed by atoms with Crippen LogP contribution in [0.5, 0.6) is 0 Å². The van der Waals surface area contributed by atoms with Crippen molar-refractivity contribution in [3.63, 3.8) is 0 Å². The number of carbonyl (C=O) groups is 2. The summed E-state index contributed by atoms with van der Waals surface area (Å²) in [6, 6.07) is 7.12. The van der Waals surface area contributed by atoms with E-state index in [1.54, 1.807) is 9.80 Å². The molecule has 0 bridgehead atoms. The first kappa shape index (κ1) is 13.1. The van der Waals surface area contributed by atoms with E-state index >= 15 is 0 Å². The molecule has 2 aromatic rings. The van der Waals surface area contributed by atoms with E-state index in [1.807, 2.05) is 18.2 Å². The van der Waals surface area contributed by atoms with Gasteiger partial charge in [-0.15, -0.1) is 0 Å².